The average Bonchev–Trinajstić information content (AvgIpc) is 3.19. The average molecular weight is 337 g/mol. The summed E-state index contributed by atoms with van der Waals surface area (Å²) in [5, 5.41) is 10.1. The fourth-order valence-corrected chi connectivity index (χ4v) is 3.44. The van der Waals surface area contributed by atoms with Gasteiger partial charge in [-0.15, -0.1) is 0 Å². The Bertz CT molecular complexity index is 550. The van der Waals surface area contributed by atoms with Crippen molar-refractivity contribution >= 4 is 11.8 Å². The second kappa shape index (κ2) is 7.96. The van der Waals surface area contributed by atoms with Gasteiger partial charge < -0.3 is 14.8 Å². The van der Waals surface area contributed by atoms with Gasteiger partial charge in [-0.3, -0.25) is 14.9 Å². The lowest BCUT2D eigenvalue weighted by molar-refractivity contribution is 0.00221. The number of amides is 2. The second-order valence-electron chi connectivity index (χ2n) is 6.47. The van der Waals surface area contributed by atoms with Gasteiger partial charge in [0.05, 0.1) is 25.5 Å². The zero-order valence-electron chi connectivity index (χ0n) is 14.5. The number of carbonyl (C=O) groups excluding carboxylic acids is 1. The number of aryl methyl sites for hydroxylation is 2. The highest BCUT2D eigenvalue weighted by Gasteiger charge is 2.31. The lowest BCUT2D eigenvalue weighted by atomic mass is 9.97. The van der Waals surface area contributed by atoms with Crippen LogP contribution in [0.2, 0.25) is 0 Å². The van der Waals surface area contributed by atoms with Crippen LogP contribution in [-0.2, 0) is 16.5 Å². The summed E-state index contributed by atoms with van der Waals surface area (Å²) in [6, 6.07) is 1.94. The van der Waals surface area contributed by atoms with Gasteiger partial charge in [-0.05, 0) is 13.3 Å². The Morgan fingerprint density at radius 3 is 2.79 bits per heavy atom. The minimum Gasteiger partial charge on any atom is -0.381 e. The number of hydrogen-bond acceptors (Lipinski definition) is 5. The van der Waals surface area contributed by atoms with E-state index in [1.54, 1.807) is 4.68 Å². The van der Waals surface area contributed by atoms with E-state index < -0.39 is 0 Å². The Hall–Kier alpha value is -1.64. The molecular formula is C16H27N5O3. The third-order valence-electron chi connectivity index (χ3n) is 4.74. The molecule has 3 rings (SSSR count). The van der Waals surface area contributed by atoms with Crippen LogP contribution in [0.3, 0.4) is 0 Å². The van der Waals surface area contributed by atoms with Gasteiger partial charge >= 0.3 is 6.03 Å². The summed E-state index contributed by atoms with van der Waals surface area (Å²) >= 11 is 0. The molecule has 8 heteroatoms. The summed E-state index contributed by atoms with van der Waals surface area (Å²) in [6.07, 6.45) is 1.05. The van der Waals surface area contributed by atoms with Crippen LogP contribution >= 0.6 is 0 Å². The highest BCUT2D eigenvalue weighted by molar-refractivity contribution is 5.88. The van der Waals surface area contributed by atoms with E-state index in [2.05, 4.69) is 20.6 Å². The van der Waals surface area contributed by atoms with Crippen LogP contribution in [0.5, 0.6) is 0 Å². The van der Waals surface area contributed by atoms with Gasteiger partial charge in [0.1, 0.15) is 5.82 Å². The molecule has 2 amide bonds. The minimum atomic E-state index is -0.199. The number of rotatable bonds is 5. The van der Waals surface area contributed by atoms with Crippen molar-refractivity contribution < 1.29 is 14.3 Å². The predicted octanol–water partition coefficient (Wildman–Crippen LogP) is 0.587. The molecule has 0 spiro atoms. The van der Waals surface area contributed by atoms with Crippen LogP contribution in [0.25, 0.3) is 0 Å². The van der Waals surface area contributed by atoms with Crippen LogP contribution in [0, 0.1) is 12.8 Å². The number of morpholine rings is 1. The summed E-state index contributed by atoms with van der Waals surface area (Å²) in [7, 11) is 1.81. The number of urea groups is 1. The lowest BCUT2D eigenvalue weighted by Crippen LogP contribution is -2.52. The number of nitrogens with zero attached hydrogens (tertiary/aromatic N) is 3. The monoisotopic (exact) mass is 337 g/mol. The number of nitrogens with one attached hydrogen (secondary N) is 2. The van der Waals surface area contributed by atoms with Crippen molar-refractivity contribution in [3.8, 4) is 0 Å². The van der Waals surface area contributed by atoms with Crippen LogP contribution in [0.1, 0.15) is 12.1 Å². The Labute approximate surface area is 142 Å². The maximum atomic E-state index is 12.2. The number of ether oxygens (including phenoxy) is 2. The molecule has 0 bridgehead atoms. The fraction of sp³-hybridized carbons (Fsp3) is 0.750. The maximum Gasteiger partial charge on any atom is 0.320 e. The zero-order valence-corrected chi connectivity index (χ0v) is 14.5. The Balaban J connectivity index is 1.55. The van der Waals surface area contributed by atoms with Crippen molar-refractivity contribution in [3.05, 3.63) is 11.8 Å². The van der Waals surface area contributed by atoms with Gasteiger partial charge in [-0.25, -0.2) is 4.79 Å². The molecule has 2 saturated heterocycles. The van der Waals surface area contributed by atoms with E-state index >= 15 is 0 Å². The molecule has 1 aromatic rings. The number of aromatic nitrogens is 2. The van der Waals surface area contributed by atoms with Crippen molar-refractivity contribution in [2.75, 3.05) is 51.4 Å². The summed E-state index contributed by atoms with van der Waals surface area (Å²) < 4.78 is 12.7. The van der Waals surface area contributed by atoms with Gasteiger partial charge in [0.2, 0.25) is 0 Å². The molecule has 24 heavy (non-hydrogen) atoms. The van der Waals surface area contributed by atoms with E-state index in [-0.39, 0.29) is 12.1 Å². The van der Waals surface area contributed by atoms with Crippen molar-refractivity contribution in [2.24, 2.45) is 13.0 Å². The second-order valence-corrected chi connectivity index (χ2v) is 6.47. The van der Waals surface area contributed by atoms with Gasteiger partial charge in [0, 0.05) is 51.3 Å². The third kappa shape index (κ3) is 4.25. The first-order valence-corrected chi connectivity index (χ1v) is 8.58. The van der Waals surface area contributed by atoms with E-state index in [1.165, 1.54) is 0 Å². The molecule has 2 N–H and O–H groups in total. The molecule has 1 aromatic heterocycles. The topological polar surface area (TPSA) is 80.6 Å². The summed E-state index contributed by atoms with van der Waals surface area (Å²) in [5.41, 5.74) is 0.877. The maximum absolute atomic E-state index is 12.2. The smallest absolute Gasteiger partial charge is 0.320 e. The van der Waals surface area contributed by atoms with E-state index in [1.807, 2.05) is 20.0 Å². The Morgan fingerprint density at radius 2 is 2.17 bits per heavy atom. The molecule has 2 aliphatic rings. The highest BCUT2D eigenvalue weighted by Crippen LogP contribution is 2.22. The normalized spacial score (nSPS) is 23.2. The molecule has 3 heterocycles. The molecule has 8 nitrogen and oxygen atoms in total. The standard InChI is InChI=1S/C16H27N5O3/c1-12-9-15(20(2)19-12)18-16(22)17-10-14(13-3-6-24-11-13)21-4-7-23-8-5-21/h9,13-14H,3-8,10-11H2,1-2H3,(H2,17,18,22)/t13-,14+/m0/s1. The predicted molar refractivity (Wildman–Crippen MR) is 90.1 cm³/mol. The van der Waals surface area contributed by atoms with E-state index in [4.69, 9.17) is 9.47 Å². The molecule has 0 unspecified atom stereocenters. The zero-order chi connectivity index (χ0) is 16.9. The van der Waals surface area contributed by atoms with Crippen molar-refractivity contribution in [2.45, 2.75) is 19.4 Å². The molecule has 2 aliphatic heterocycles. The van der Waals surface area contributed by atoms with Crippen molar-refractivity contribution in [1.82, 2.24) is 20.0 Å². The molecule has 0 aromatic carbocycles. The Morgan fingerprint density at radius 1 is 1.38 bits per heavy atom. The van der Waals surface area contributed by atoms with E-state index in [0.717, 1.165) is 51.6 Å². The number of anilines is 1. The first kappa shape index (κ1) is 17.2. The van der Waals surface area contributed by atoms with Gasteiger partial charge in [-0.1, -0.05) is 0 Å². The van der Waals surface area contributed by atoms with Gasteiger partial charge in [-0.2, -0.15) is 5.10 Å². The SMILES string of the molecule is Cc1cc(NC(=O)NC[C@H]([C@H]2CCOC2)N2CCOCC2)n(C)n1. The molecule has 2 atom stereocenters. The summed E-state index contributed by atoms with van der Waals surface area (Å²) in [5.74, 6) is 1.15. The largest absolute Gasteiger partial charge is 0.381 e. The first-order valence-electron chi connectivity index (χ1n) is 8.58. The lowest BCUT2D eigenvalue weighted by Gasteiger charge is -2.37. The quantitative estimate of drug-likeness (QED) is 0.822. The van der Waals surface area contributed by atoms with E-state index in [9.17, 15) is 4.79 Å². The minimum absolute atomic E-state index is 0.199. The van der Waals surface area contributed by atoms with Crippen LogP contribution < -0.4 is 10.6 Å². The first-order chi connectivity index (χ1) is 11.6. The van der Waals surface area contributed by atoms with Crippen molar-refractivity contribution in [3.63, 3.8) is 0 Å². The summed E-state index contributed by atoms with van der Waals surface area (Å²) in [4.78, 5) is 14.7. The fourth-order valence-electron chi connectivity index (χ4n) is 3.44. The molecule has 2 fully saturated rings. The van der Waals surface area contributed by atoms with Gasteiger partial charge in [0.15, 0.2) is 0 Å². The summed E-state index contributed by atoms with van der Waals surface area (Å²) in [6.45, 7) is 7.42. The molecule has 0 saturated carbocycles. The van der Waals surface area contributed by atoms with Crippen LogP contribution in [0.4, 0.5) is 10.6 Å². The third-order valence-corrected chi connectivity index (χ3v) is 4.74. The molecule has 0 radical (unpaired) electrons. The van der Waals surface area contributed by atoms with Crippen LogP contribution in [0.15, 0.2) is 6.07 Å². The van der Waals surface area contributed by atoms with Crippen molar-refractivity contribution in [1.29, 1.82) is 0 Å². The van der Waals surface area contributed by atoms with E-state index in [0.29, 0.717) is 18.3 Å². The molecule has 134 valence electrons. The number of carbonyl (C=O) groups is 1. The Kier molecular flexibility index (Phi) is 5.70. The highest BCUT2D eigenvalue weighted by atomic mass is 16.5. The van der Waals surface area contributed by atoms with Gasteiger partial charge in [0.25, 0.3) is 0 Å². The molecule has 0 aliphatic carbocycles. The van der Waals surface area contributed by atoms with Crippen LogP contribution in [-0.4, -0.2) is 72.8 Å². The number of hydrogen-bond donors (Lipinski definition) is 2. The molecular weight excluding hydrogens is 310 g/mol.